The maximum atomic E-state index is 4.35. The number of hydrogen-bond acceptors (Lipinski definition) is 5. The van der Waals surface area contributed by atoms with Gasteiger partial charge in [0.15, 0.2) is 5.82 Å². The molecule has 0 amide bonds. The zero-order valence-corrected chi connectivity index (χ0v) is 13.9. The van der Waals surface area contributed by atoms with Gasteiger partial charge in [-0.2, -0.15) is 10.2 Å². The van der Waals surface area contributed by atoms with Gasteiger partial charge in [0.1, 0.15) is 0 Å². The first kappa shape index (κ1) is 15.6. The van der Waals surface area contributed by atoms with Gasteiger partial charge in [-0.05, 0) is 43.3 Å². The Hall–Kier alpha value is -1.75. The molecule has 2 aromatic heterocycles. The van der Waals surface area contributed by atoms with Crippen LogP contribution >= 0.6 is 11.3 Å². The maximum absolute atomic E-state index is 4.35. The van der Waals surface area contributed by atoms with Crippen LogP contribution in [0.4, 0.5) is 5.82 Å². The molecular formula is C16H22N4S. The van der Waals surface area contributed by atoms with Crippen molar-refractivity contribution in [2.24, 2.45) is 5.10 Å². The third-order valence-corrected chi connectivity index (χ3v) is 5.04. The van der Waals surface area contributed by atoms with Crippen LogP contribution in [0.3, 0.4) is 0 Å². The van der Waals surface area contributed by atoms with Crippen LogP contribution in [0.5, 0.6) is 0 Å². The first-order valence-corrected chi connectivity index (χ1v) is 8.15. The minimum Gasteiger partial charge on any atom is -0.260 e. The summed E-state index contributed by atoms with van der Waals surface area (Å²) in [7, 11) is 0. The molecule has 21 heavy (non-hydrogen) atoms. The lowest BCUT2D eigenvalue weighted by Gasteiger charge is -2.25. The minimum absolute atomic E-state index is 0.0989. The normalized spacial score (nSPS) is 12.5. The summed E-state index contributed by atoms with van der Waals surface area (Å²) in [5.74, 6) is 0.671. The molecule has 4 nitrogen and oxygen atoms in total. The van der Waals surface area contributed by atoms with Gasteiger partial charge in [-0.3, -0.25) is 5.43 Å². The predicted molar refractivity (Wildman–Crippen MR) is 90.1 cm³/mol. The summed E-state index contributed by atoms with van der Waals surface area (Å²) in [6.45, 7) is 8.58. The Labute approximate surface area is 130 Å². The van der Waals surface area contributed by atoms with Crippen LogP contribution in [0.25, 0.3) is 0 Å². The number of aromatic nitrogens is 2. The van der Waals surface area contributed by atoms with Crippen molar-refractivity contribution in [3.8, 4) is 0 Å². The van der Waals surface area contributed by atoms with Crippen molar-refractivity contribution in [3.63, 3.8) is 0 Å². The van der Waals surface area contributed by atoms with Gasteiger partial charge in [-0.1, -0.05) is 26.8 Å². The molecule has 0 aliphatic heterocycles. The Morgan fingerprint density at radius 1 is 1.24 bits per heavy atom. The Kier molecular flexibility index (Phi) is 5.07. The summed E-state index contributed by atoms with van der Waals surface area (Å²) in [5.41, 5.74) is 5.05. The fourth-order valence-corrected chi connectivity index (χ4v) is 2.68. The van der Waals surface area contributed by atoms with E-state index in [2.05, 4.69) is 41.5 Å². The molecule has 0 aliphatic carbocycles. The molecule has 0 atom stereocenters. The molecule has 0 aliphatic rings. The smallest absolute Gasteiger partial charge is 0.168 e. The topological polar surface area (TPSA) is 50.2 Å². The molecular weight excluding hydrogens is 280 g/mol. The predicted octanol–water partition coefficient (Wildman–Crippen LogP) is 4.45. The quantitative estimate of drug-likeness (QED) is 0.633. The zero-order valence-electron chi connectivity index (χ0n) is 13.1. The second-order valence-corrected chi connectivity index (χ2v) is 6.31. The third kappa shape index (κ3) is 3.67. The van der Waals surface area contributed by atoms with Crippen molar-refractivity contribution in [2.75, 3.05) is 5.43 Å². The summed E-state index contributed by atoms with van der Waals surface area (Å²) in [6, 6.07) is 8.05. The SMILES string of the molecule is CCC(C)(CC)c1ccc(N/N=C(\C)c2cccs2)nn1. The maximum Gasteiger partial charge on any atom is 0.168 e. The highest BCUT2D eigenvalue weighted by Gasteiger charge is 2.24. The zero-order chi connectivity index (χ0) is 15.3. The van der Waals surface area contributed by atoms with Crippen molar-refractivity contribution in [1.82, 2.24) is 10.2 Å². The van der Waals surface area contributed by atoms with Crippen LogP contribution < -0.4 is 5.43 Å². The minimum atomic E-state index is 0.0989. The lowest BCUT2D eigenvalue weighted by atomic mass is 9.81. The monoisotopic (exact) mass is 302 g/mol. The highest BCUT2D eigenvalue weighted by Crippen LogP contribution is 2.29. The van der Waals surface area contributed by atoms with Crippen molar-refractivity contribution in [3.05, 3.63) is 40.2 Å². The fraction of sp³-hybridized carbons (Fsp3) is 0.438. The summed E-state index contributed by atoms with van der Waals surface area (Å²) in [4.78, 5) is 1.15. The van der Waals surface area contributed by atoms with Gasteiger partial charge in [0.25, 0.3) is 0 Å². The molecule has 0 spiro atoms. The third-order valence-electron chi connectivity index (χ3n) is 4.06. The standard InChI is InChI=1S/C16H22N4S/c1-5-16(4,6-2)14-9-10-15(20-18-14)19-17-12(3)13-8-7-11-21-13/h7-11H,5-6H2,1-4H3,(H,19,20)/b17-12+. The number of nitrogens with zero attached hydrogens (tertiary/aromatic N) is 3. The van der Waals surface area contributed by atoms with Crippen LogP contribution in [0.15, 0.2) is 34.7 Å². The molecule has 5 heteroatoms. The van der Waals surface area contributed by atoms with Crippen LogP contribution in [-0.2, 0) is 5.41 Å². The largest absolute Gasteiger partial charge is 0.260 e. The molecule has 0 fully saturated rings. The molecule has 0 radical (unpaired) electrons. The first-order chi connectivity index (χ1) is 10.1. The van der Waals surface area contributed by atoms with Gasteiger partial charge < -0.3 is 0 Å². The van der Waals surface area contributed by atoms with E-state index in [4.69, 9.17) is 0 Å². The van der Waals surface area contributed by atoms with E-state index in [1.54, 1.807) is 11.3 Å². The van der Waals surface area contributed by atoms with Crippen molar-refractivity contribution in [2.45, 2.75) is 46.0 Å². The molecule has 2 rings (SSSR count). The molecule has 0 unspecified atom stereocenters. The van der Waals surface area contributed by atoms with Gasteiger partial charge in [0.05, 0.1) is 11.4 Å². The van der Waals surface area contributed by atoms with Gasteiger partial charge in [0, 0.05) is 10.3 Å². The van der Waals surface area contributed by atoms with E-state index in [0.717, 1.165) is 29.1 Å². The molecule has 1 N–H and O–H groups in total. The number of thiophene rings is 1. The fourth-order valence-electron chi connectivity index (χ4n) is 2.01. The lowest BCUT2D eigenvalue weighted by molar-refractivity contribution is 0.421. The number of hydrogen-bond donors (Lipinski definition) is 1. The van der Waals surface area contributed by atoms with Gasteiger partial charge in [0.2, 0.25) is 0 Å². The molecule has 0 saturated heterocycles. The molecule has 2 heterocycles. The van der Waals surface area contributed by atoms with E-state index in [9.17, 15) is 0 Å². The van der Waals surface area contributed by atoms with Crippen molar-refractivity contribution >= 4 is 22.9 Å². The summed E-state index contributed by atoms with van der Waals surface area (Å²) in [5, 5.41) is 15.0. The highest BCUT2D eigenvalue weighted by atomic mass is 32.1. The number of anilines is 1. The van der Waals surface area contributed by atoms with E-state index in [1.165, 1.54) is 0 Å². The molecule has 112 valence electrons. The van der Waals surface area contributed by atoms with Crippen molar-refractivity contribution < 1.29 is 0 Å². The summed E-state index contributed by atoms with van der Waals surface area (Å²) < 4.78 is 0. The van der Waals surface area contributed by atoms with Gasteiger partial charge in [-0.25, -0.2) is 0 Å². The summed E-state index contributed by atoms with van der Waals surface area (Å²) >= 11 is 1.67. The van der Waals surface area contributed by atoms with Gasteiger partial charge in [-0.15, -0.1) is 16.4 Å². The van der Waals surface area contributed by atoms with E-state index in [0.29, 0.717) is 5.82 Å². The number of rotatable bonds is 6. The first-order valence-electron chi connectivity index (χ1n) is 7.27. The van der Waals surface area contributed by atoms with Crippen LogP contribution in [0.2, 0.25) is 0 Å². The Bertz CT molecular complexity index is 583. The van der Waals surface area contributed by atoms with E-state index < -0.39 is 0 Å². The lowest BCUT2D eigenvalue weighted by Crippen LogP contribution is -2.21. The van der Waals surface area contributed by atoms with Crippen molar-refractivity contribution in [1.29, 1.82) is 0 Å². The van der Waals surface area contributed by atoms with E-state index in [1.807, 2.05) is 36.6 Å². The molecule has 0 bridgehead atoms. The number of hydrazone groups is 1. The van der Waals surface area contributed by atoms with Crippen LogP contribution in [-0.4, -0.2) is 15.9 Å². The Balaban J connectivity index is 2.08. The van der Waals surface area contributed by atoms with E-state index >= 15 is 0 Å². The second kappa shape index (κ2) is 6.80. The molecule has 0 aromatic carbocycles. The highest BCUT2D eigenvalue weighted by molar-refractivity contribution is 7.12. The molecule has 0 saturated carbocycles. The average molecular weight is 302 g/mol. The Morgan fingerprint density at radius 3 is 2.52 bits per heavy atom. The van der Waals surface area contributed by atoms with Crippen LogP contribution in [0, 0.1) is 0 Å². The number of nitrogens with one attached hydrogen (secondary N) is 1. The average Bonchev–Trinajstić information content (AvgIpc) is 3.07. The van der Waals surface area contributed by atoms with Crippen LogP contribution in [0.1, 0.15) is 51.1 Å². The Morgan fingerprint density at radius 2 is 2.00 bits per heavy atom. The summed E-state index contributed by atoms with van der Waals surface area (Å²) in [6.07, 6.45) is 2.11. The second-order valence-electron chi connectivity index (χ2n) is 5.36. The van der Waals surface area contributed by atoms with E-state index in [-0.39, 0.29) is 5.41 Å². The molecule has 2 aromatic rings. The van der Waals surface area contributed by atoms with Gasteiger partial charge >= 0.3 is 0 Å².